The second-order valence-electron chi connectivity index (χ2n) is 4.91. The van der Waals surface area contributed by atoms with E-state index in [9.17, 15) is 13.2 Å². The summed E-state index contributed by atoms with van der Waals surface area (Å²) in [5, 5.41) is 11.0. The Hall–Kier alpha value is -1.44. The molecule has 1 atom stereocenters. The Labute approximate surface area is 118 Å². The molecule has 20 heavy (non-hydrogen) atoms. The van der Waals surface area contributed by atoms with Crippen LogP contribution in [-0.4, -0.2) is 26.9 Å². The topological polar surface area (TPSA) is 101 Å². The SMILES string of the molecule is NS(=O)(=O)c1ccc(CNC(=O)[C@@H]2CCCCN2)cc1. The summed E-state index contributed by atoms with van der Waals surface area (Å²) in [6, 6.07) is 6.06. The van der Waals surface area contributed by atoms with E-state index in [1.807, 2.05) is 0 Å². The Bertz CT molecular complexity index is 563. The zero-order valence-corrected chi connectivity index (χ0v) is 11.9. The quantitative estimate of drug-likeness (QED) is 0.733. The molecule has 0 saturated carbocycles. The van der Waals surface area contributed by atoms with Gasteiger partial charge < -0.3 is 10.6 Å². The zero-order chi connectivity index (χ0) is 14.6. The van der Waals surface area contributed by atoms with Gasteiger partial charge in [0.15, 0.2) is 0 Å². The number of hydrogen-bond acceptors (Lipinski definition) is 4. The van der Waals surface area contributed by atoms with Gasteiger partial charge in [0.2, 0.25) is 15.9 Å². The Morgan fingerprint density at radius 2 is 2.00 bits per heavy atom. The number of rotatable bonds is 4. The maximum absolute atomic E-state index is 11.9. The van der Waals surface area contributed by atoms with Crippen LogP contribution in [0.15, 0.2) is 29.2 Å². The molecular formula is C13H19N3O3S. The highest BCUT2D eigenvalue weighted by Crippen LogP contribution is 2.10. The van der Waals surface area contributed by atoms with Crippen molar-refractivity contribution < 1.29 is 13.2 Å². The molecule has 0 bridgehead atoms. The molecule has 0 aromatic heterocycles. The number of hydrogen-bond donors (Lipinski definition) is 3. The lowest BCUT2D eigenvalue weighted by atomic mass is 10.0. The van der Waals surface area contributed by atoms with Crippen LogP contribution in [0.2, 0.25) is 0 Å². The molecule has 0 spiro atoms. The fourth-order valence-corrected chi connectivity index (χ4v) is 2.70. The third kappa shape index (κ3) is 4.03. The van der Waals surface area contributed by atoms with E-state index in [0.29, 0.717) is 6.54 Å². The van der Waals surface area contributed by atoms with Crippen molar-refractivity contribution in [2.45, 2.75) is 36.7 Å². The number of amides is 1. The first kappa shape index (κ1) is 15.0. The predicted octanol–water partition coefficient (Wildman–Crippen LogP) is 0.0923. The molecular weight excluding hydrogens is 278 g/mol. The predicted molar refractivity (Wildman–Crippen MR) is 75.3 cm³/mol. The van der Waals surface area contributed by atoms with Crippen LogP contribution in [0.3, 0.4) is 0 Å². The van der Waals surface area contributed by atoms with Gasteiger partial charge in [0.25, 0.3) is 0 Å². The lowest BCUT2D eigenvalue weighted by Gasteiger charge is -2.22. The molecule has 110 valence electrons. The van der Waals surface area contributed by atoms with E-state index >= 15 is 0 Å². The Balaban J connectivity index is 1.89. The van der Waals surface area contributed by atoms with Gasteiger partial charge in [0, 0.05) is 6.54 Å². The second kappa shape index (κ2) is 6.34. The third-order valence-electron chi connectivity index (χ3n) is 3.35. The Morgan fingerprint density at radius 1 is 1.30 bits per heavy atom. The van der Waals surface area contributed by atoms with E-state index < -0.39 is 10.0 Å². The van der Waals surface area contributed by atoms with E-state index in [2.05, 4.69) is 10.6 Å². The molecule has 0 aliphatic carbocycles. The summed E-state index contributed by atoms with van der Waals surface area (Å²) in [4.78, 5) is 12.0. The average Bonchev–Trinajstić information content (AvgIpc) is 2.45. The highest BCUT2D eigenvalue weighted by atomic mass is 32.2. The van der Waals surface area contributed by atoms with Gasteiger partial charge in [0.05, 0.1) is 10.9 Å². The van der Waals surface area contributed by atoms with Crippen LogP contribution in [0, 0.1) is 0 Å². The molecule has 1 aliphatic heterocycles. The first-order valence-corrected chi connectivity index (χ1v) is 8.14. The van der Waals surface area contributed by atoms with Crippen LogP contribution in [0.4, 0.5) is 0 Å². The van der Waals surface area contributed by atoms with Gasteiger partial charge in [-0.1, -0.05) is 18.6 Å². The lowest BCUT2D eigenvalue weighted by Crippen LogP contribution is -2.46. The smallest absolute Gasteiger partial charge is 0.238 e. The average molecular weight is 297 g/mol. The number of primary sulfonamides is 1. The molecule has 1 aromatic carbocycles. The van der Waals surface area contributed by atoms with Crippen molar-refractivity contribution in [3.05, 3.63) is 29.8 Å². The summed E-state index contributed by atoms with van der Waals surface area (Å²) in [5.74, 6) is -0.0137. The molecule has 4 N–H and O–H groups in total. The number of benzene rings is 1. The minimum atomic E-state index is -3.67. The molecule has 1 fully saturated rings. The van der Waals surface area contributed by atoms with Crippen molar-refractivity contribution in [2.75, 3.05) is 6.54 Å². The Morgan fingerprint density at radius 3 is 2.55 bits per heavy atom. The number of sulfonamides is 1. The number of carbonyl (C=O) groups is 1. The summed E-state index contributed by atoms with van der Waals surface area (Å²) >= 11 is 0. The van der Waals surface area contributed by atoms with Crippen molar-refractivity contribution in [1.29, 1.82) is 0 Å². The first-order valence-electron chi connectivity index (χ1n) is 6.59. The first-order chi connectivity index (χ1) is 9.47. The van der Waals surface area contributed by atoms with Crippen molar-refractivity contribution in [1.82, 2.24) is 10.6 Å². The fraction of sp³-hybridized carbons (Fsp3) is 0.462. The van der Waals surface area contributed by atoms with Gasteiger partial charge in [-0.05, 0) is 37.1 Å². The highest BCUT2D eigenvalue weighted by molar-refractivity contribution is 7.89. The molecule has 0 unspecified atom stereocenters. The Kier molecular flexibility index (Phi) is 4.74. The van der Waals surface area contributed by atoms with E-state index in [4.69, 9.17) is 5.14 Å². The zero-order valence-electron chi connectivity index (χ0n) is 11.1. The van der Waals surface area contributed by atoms with Crippen molar-refractivity contribution in [3.63, 3.8) is 0 Å². The summed E-state index contributed by atoms with van der Waals surface area (Å²) < 4.78 is 22.2. The van der Waals surface area contributed by atoms with Crippen LogP contribution in [0.25, 0.3) is 0 Å². The summed E-state index contributed by atoms with van der Waals surface area (Å²) in [5.41, 5.74) is 0.835. The highest BCUT2D eigenvalue weighted by Gasteiger charge is 2.19. The van der Waals surface area contributed by atoms with Gasteiger partial charge >= 0.3 is 0 Å². The second-order valence-corrected chi connectivity index (χ2v) is 6.47. The lowest BCUT2D eigenvalue weighted by molar-refractivity contribution is -0.123. The molecule has 1 aliphatic rings. The molecule has 1 saturated heterocycles. The summed E-state index contributed by atoms with van der Waals surface area (Å²) in [6.07, 6.45) is 3.03. The minimum Gasteiger partial charge on any atom is -0.351 e. The van der Waals surface area contributed by atoms with E-state index in [1.54, 1.807) is 12.1 Å². The van der Waals surface area contributed by atoms with Gasteiger partial charge in [-0.2, -0.15) is 0 Å². The van der Waals surface area contributed by atoms with Gasteiger partial charge in [0.1, 0.15) is 0 Å². The van der Waals surface area contributed by atoms with Crippen molar-refractivity contribution in [3.8, 4) is 0 Å². The number of nitrogens with two attached hydrogens (primary N) is 1. The summed E-state index contributed by atoms with van der Waals surface area (Å²) in [6.45, 7) is 1.25. The minimum absolute atomic E-state index is 0.0137. The van der Waals surface area contributed by atoms with Crippen LogP contribution < -0.4 is 15.8 Å². The van der Waals surface area contributed by atoms with E-state index in [0.717, 1.165) is 31.4 Å². The van der Waals surface area contributed by atoms with E-state index in [-0.39, 0.29) is 16.8 Å². The molecule has 2 rings (SSSR count). The third-order valence-corrected chi connectivity index (χ3v) is 4.27. The van der Waals surface area contributed by atoms with Crippen LogP contribution in [-0.2, 0) is 21.4 Å². The molecule has 1 amide bonds. The standard InChI is InChI=1S/C13H19N3O3S/c14-20(18,19)11-6-4-10(5-7-11)9-16-13(17)12-3-1-2-8-15-12/h4-7,12,15H,1-3,8-9H2,(H,16,17)(H2,14,18,19)/t12-/m0/s1. The number of carbonyl (C=O) groups excluding carboxylic acids is 1. The maximum Gasteiger partial charge on any atom is 0.238 e. The van der Waals surface area contributed by atoms with Gasteiger partial charge in [-0.3, -0.25) is 4.79 Å². The van der Waals surface area contributed by atoms with Crippen molar-refractivity contribution >= 4 is 15.9 Å². The van der Waals surface area contributed by atoms with E-state index in [1.165, 1.54) is 12.1 Å². The molecule has 1 heterocycles. The molecule has 1 aromatic rings. The maximum atomic E-state index is 11.9. The van der Waals surface area contributed by atoms with Crippen LogP contribution >= 0.6 is 0 Å². The van der Waals surface area contributed by atoms with Gasteiger partial charge in [-0.25, -0.2) is 13.6 Å². The number of nitrogens with one attached hydrogen (secondary N) is 2. The molecule has 6 nitrogen and oxygen atoms in total. The largest absolute Gasteiger partial charge is 0.351 e. The number of piperidine rings is 1. The normalized spacial score (nSPS) is 19.6. The molecule has 0 radical (unpaired) electrons. The van der Waals surface area contributed by atoms with Crippen LogP contribution in [0.1, 0.15) is 24.8 Å². The van der Waals surface area contributed by atoms with Gasteiger partial charge in [-0.15, -0.1) is 0 Å². The van der Waals surface area contributed by atoms with Crippen molar-refractivity contribution in [2.24, 2.45) is 5.14 Å². The van der Waals surface area contributed by atoms with Crippen LogP contribution in [0.5, 0.6) is 0 Å². The molecule has 7 heteroatoms. The monoisotopic (exact) mass is 297 g/mol. The fourth-order valence-electron chi connectivity index (χ4n) is 2.18. The summed E-state index contributed by atoms with van der Waals surface area (Å²) in [7, 11) is -3.67.